The van der Waals surface area contributed by atoms with Crippen molar-refractivity contribution < 1.29 is 14.3 Å². The van der Waals surface area contributed by atoms with Crippen LogP contribution in [0.25, 0.3) is 10.6 Å². The highest BCUT2D eigenvalue weighted by molar-refractivity contribution is 7.99. The molecule has 0 saturated carbocycles. The van der Waals surface area contributed by atoms with Crippen LogP contribution in [0.15, 0.2) is 42.5 Å². The molecule has 33 heavy (non-hydrogen) atoms. The number of rotatable bonds is 6. The number of nitrogens with zero attached hydrogens (tertiary/aromatic N) is 2. The fraction of sp³-hybridized carbons (Fsp3) is 0.320. The molecule has 2 aromatic carbocycles. The third-order valence-electron chi connectivity index (χ3n) is 5.43. The molecule has 172 valence electrons. The fourth-order valence-corrected chi connectivity index (χ4v) is 5.53. The number of anilines is 1. The van der Waals surface area contributed by atoms with Gasteiger partial charge in [-0.3, -0.25) is 9.59 Å². The number of aromatic nitrogens is 1. The Labute approximate surface area is 202 Å². The molecule has 0 atom stereocenters. The van der Waals surface area contributed by atoms with Gasteiger partial charge in [-0.1, -0.05) is 0 Å². The lowest BCUT2D eigenvalue weighted by atomic mass is 10.1. The first-order valence-corrected chi connectivity index (χ1v) is 12.9. The molecule has 0 spiro atoms. The van der Waals surface area contributed by atoms with E-state index in [9.17, 15) is 9.59 Å². The quantitative estimate of drug-likeness (QED) is 0.520. The summed E-state index contributed by atoms with van der Waals surface area (Å²) in [6.07, 6.45) is 0. The second-order valence-corrected chi connectivity index (χ2v) is 10.0. The molecule has 0 aliphatic carbocycles. The van der Waals surface area contributed by atoms with Crippen molar-refractivity contribution in [2.24, 2.45) is 0 Å². The highest BCUT2D eigenvalue weighted by atomic mass is 32.2. The van der Waals surface area contributed by atoms with Crippen LogP contribution >= 0.6 is 23.1 Å². The maximum absolute atomic E-state index is 13.0. The molecule has 0 unspecified atom stereocenters. The van der Waals surface area contributed by atoms with Crippen molar-refractivity contribution in [1.82, 2.24) is 9.88 Å². The highest BCUT2D eigenvalue weighted by Crippen LogP contribution is 2.30. The molecule has 1 aliphatic rings. The van der Waals surface area contributed by atoms with Crippen molar-refractivity contribution in [2.75, 3.05) is 36.5 Å². The Balaban J connectivity index is 1.47. The van der Waals surface area contributed by atoms with Gasteiger partial charge in [-0.15, -0.1) is 11.3 Å². The van der Waals surface area contributed by atoms with E-state index in [2.05, 4.69) is 10.3 Å². The predicted octanol–water partition coefficient (Wildman–Crippen LogP) is 5.27. The van der Waals surface area contributed by atoms with Crippen LogP contribution in [-0.4, -0.2) is 52.9 Å². The molecule has 1 aromatic heterocycles. The first kappa shape index (κ1) is 23.3. The fourth-order valence-electron chi connectivity index (χ4n) is 3.66. The van der Waals surface area contributed by atoms with Gasteiger partial charge in [-0.05, 0) is 68.8 Å². The van der Waals surface area contributed by atoms with Crippen molar-refractivity contribution in [3.05, 3.63) is 64.2 Å². The second kappa shape index (κ2) is 10.4. The largest absolute Gasteiger partial charge is 0.494 e. The second-order valence-electron chi connectivity index (χ2n) is 7.78. The third-order valence-corrected chi connectivity index (χ3v) is 7.58. The summed E-state index contributed by atoms with van der Waals surface area (Å²) >= 11 is 3.24. The van der Waals surface area contributed by atoms with E-state index in [1.165, 1.54) is 11.3 Å². The zero-order valence-corrected chi connectivity index (χ0v) is 20.6. The van der Waals surface area contributed by atoms with E-state index in [0.29, 0.717) is 28.4 Å². The van der Waals surface area contributed by atoms with Gasteiger partial charge in [0.15, 0.2) is 0 Å². The van der Waals surface area contributed by atoms with Crippen LogP contribution in [0.2, 0.25) is 0 Å². The Morgan fingerprint density at radius 2 is 1.82 bits per heavy atom. The van der Waals surface area contributed by atoms with Crippen LogP contribution in [-0.2, 0) is 0 Å². The number of amides is 2. The summed E-state index contributed by atoms with van der Waals surface area (Å²) in [5.74, 6) is 2.62. The summed E-state index contributed by atoms with van der Waals surface area (Å²) in [5, 5.41) is 3.78. The lowest BCUT2D eigenvalue weighted by molar-refractivity contribution is 0.0772. The third kappa shape index (κ3) is 5.39. The lowest BCUT2D eigenvalue weighted by Gasteiger charge is -2.26. The van der Waals surface area contributed by atoms with Crippen LogP contribution in [0.5, 0.6) is 5.75 Å². The molecule has 1 aliphatic heterocycles. The van der Waals surface area contributed by atoms with E-state index in [1.807, 2.05) is 73.8 Å². The van der Waals surface area contributed by atoms with Gasteiger partial charge < -0.3 is 15.0 Å². The Morgan fingerprint density at radius 3 is 2.48 bits per heavy atom. The van der Waals surface area contributed by atoms with Crippen molar-refractivity contribution in [3.8, 4) is 16.3 Å². The van der Waals surface area contributed by atoms with E-state index < -0.39 is 0 Å². The molecule has 1 N–H and O–H groups in total. The van der Waals surface area contributed by atoms with Crippen LogP contribution in [0.1, 0.15) is 38.2 Å². The smallest absolute Gasteiger partial charge is 0.267 e. The Bertz CT molecular complexity index is 1150. The van der Waals surface area contributed by atoms with Gasteiger partial charge in [0.05, 0.1) is 12.3 Å². The van der Waals surface area contributed by atoms with Crippen molar-refractivity contribution in [1.29, 1.82) is 0 Å². The van der Waals surface area contributed by atoms with Crippen LogP contribution in [0, 0.1) is 13.8 Å². The number of ether oxygens (including phenoxy) is 1. The standard InChI is InChI=1S/C25H27N3O3S2/c1-4-31-20-8-5-18(6-9-20)24-26-17(3)22(33-24)23(29)27-21-10-7-19(15-16(21)2)25(30)28-11-13-32-14-12-28/h5-10,15H,4,11-14H2,1-3H3,(H,27,29). The van der Waals surface area contributed by atoms with Crippen molar-refractivity contribution in [3.63, 3.8) is 0 Å². The maximum Gasteiger partial charge on any atom is 0.267 e. The minimum Gasteiger partial charge on any atom is -0.494 e. The van der Waals surface area contributed by atoms with E-state index in [0.717, 1.165) is 46.5 Å². The number of carbonyl (C=O) groups is 2. The lowest BCUT2D eigenvalue weighted by Crippen LogP contribution is -2.37. The van der Waals surface area contributed by atoms with Crippen LogP contribution in [0.3, 0.4) is 0 Å². The molecule has 3 aromatic rings. The highest BCUT2D eigenvalue weighted by Gasteiger charge is 2.20. The summed E-state index contributed by atoms with van der Waals surface area (Å²) in [7, 11) is 0. The van der Waals surface area contributed by atoms with E-state index in [4.69, 9.17) is 4.74 Å². The molecule has 4 rings (SSSR count). The molecule has 8 heteroatoms. The molecule has 2 amide bonds. The van der Waals surface area contributed by atoms with E-state index in [-0.39, 0.29) is 11.8 Å². The number of nitrogens with one attached hydrogen (secondary N) is 1. The average molecular weight is 482 g/mol. The normalized spacial score (nSPS) is 13.6. The molecular formula is C25H27N3O3S2. The topological polar surface area (TPSA) is 71.5 Å². The zero-order chi connectivity index (χ0) is 23.4. The summed E-state index contributed by atoms with van der Waals surface area (Å²) < 4.78 is 5.49. The number of hydrogen-bond donors (Lipinski definition) is 1. The molecule has 0 radical (unpaired) electrons. The Kier molecular flexibility index (Phi) is 7.35. The molecule has 2 heterocycles. The van der Waals surface area contributed by atoms with Gasteiger partial charge in [0, 0.05) is 41.4 Å². The Hall–Kier alpha value is -2.84. The van der Waals surface area contributed by atoms with E-state index in [1.54, 1.807) is 6.07 Å². The monoisotopic (exact) mass is 481 g/mol. The van der Waals surface area contributed by atoms with Crippen molar-refractivity contribution in [2.45, 2.75) is 20.8 Å². The molecule has 1 fully saturated rings. The van der Waals surface area contributed by atoms with Gasteiger partial charge in [0.2, 0.25) is 0 Å². The summed E-state index contributed by atoms with van der Waals surface area (Å²) in [6.45, 7) is 7.87. The zero-order valence-electron chi connectivity index (χ0n) is 19.0. The van der Waals surface area contributed by atoms with Gasteiger partial charge in [-0.2, -0.15) is 11.8 Å². The first-order valence-electron chi connectivity index (χ1n) is 11.0. The summed E-state index contributed by atoms with van der Waals surface area (Å²) in [6, 6.07) is 13.2. The number of aryl methyl sites for hydroxylation is 2. The number of hydrogen-bond acceptors (Lipinski definition) is 6. The van der Waals surface area contributed by atoms with Gasteiger partial charge >= 0.3 is 0 Å². The number of carbonyl (C=O) groups excluding carboxylic acids is 2. The minimum atomic E-state index is -0.197. The minimum absolute atomic E-state index is 0.0505. The summed E-state index contributed by atoms with van der Waals surface area (Å²) in [5.41, 5.74) is 3.84. The predicted molar refractivity (Wildman–Crippen MR) is 136 cm³/mol. The maximum atomic E-state index is 13.0. The number of benzene rings is 2. The van der Waals surface area contributed by atoms with Gasteiger partial charge in [0.25, 0.3) is 11.8 Å². The first-order chi connectivity index (χ1) is 16.0. The molecular weight excluding hydrogens is 454 g/mol. The van der Waals surface area contributed by atoms with Crippen LogP contribution in [0.4, 0.5) is 5.69 Å². The summed E-state index contributed by atoms with van der Waals surface area (Å²) in [4.78, 5) is 32.8. The average Bonchev–Trinajstić information content (AvgIpc) is 3.23. The van der Waals surface area contributed by atoms with Crippen LogP contribution < -0.4 is 10.1 Å². The number of thioether (sulfide) groups is 1. The number of thiazole rings is 1. The molecule has 0 bridgehead atoms. The van der Waals surface area contributed by atoms with Gasteiger partial charge in [-0.25, -0.2) is 4.98 Å². The molecule has 6 nitrogen and oxygen atoms in total. The molecule has 1 saturated heterocycles. The SMILES string of the molecule is CCOc1ccc(-c2nc(C)c(C(=O)Nc3ccc(C(=O)N4CCSCC4)cc3C)s2)cc1. The van der Waals surface area contributed by atoms with Crippen molar-refractivity contribution >= 4 is 40.6 Å². The van der Waals surface area contributed by atoms with Gasteiger partial charge in [0.1, 0.15) is 15.6 Å². The van der Waals surface area contributed by atoms with E-state index >= 15 is 0 Å². The Morgan fingerprint density at radius 1 is 1.09 bits per heavy atom.